The summed E-state index contributed by atoms with van der Waals surface area (Å²) in [5.41, 5.74) is 0. The lowest BCUT2D eigenvalue weighted by Crippen LogP contribution is -2.17. The average Bonchev–Trinajstić information content (AvgIpc) is 1.85. The molecule has 0 spiro atoms. The maximum atomic E-state index is 10.6. The lowest BCUT2D eigenvalue weighted by molar-refractivity contribution is 0.222. The number of hydrogen-bond acceptors (Lipinski definition) is 3. The predicted octanol–water partition coefficient (Wildman–Crippen LogP) is 1.46. The smallest absolute Gasteiger partial charge is 0.264 e. The van der Waals surface area contributed by atoms with Crippen molar-refractivity contribution in [2.75, 3.05) is 12.9 Å². The summed E-state index contributed by atoms with van der Waals surface area (Å²) in [6.45, 7) is 8.04. The van der Waals surface area contributed by atoms with Crippen LogP contribution < -0.4 is 0 Å². The molecule has 0 saturated carbocycles. The van der Waals surface area contributed by atoms with Crippen molar-refractivity contribution in [3.05, 3.63) is 6.92 Å². The minimum atomic E-state index is -3.29. The van der Waals surface area contributed by atoms with Gasteiger partial charge in [0.05, 0.1) is 25.7 Å². The highest BCUT2D eigenvalue weighted by Crippen LogP contribution is 2.15. The van der Waals surface area contributed by atoms with E-state index in [1.165, 1.54) is 0 Å². The molecule has 0 aromatic heterocycles. The average molecular weight is 193 g/mol. The van der Waals surface area contributed by atoms with E-state index in [0.29, 0.717) is 0 Å². The van der Waals surface area contributed by atoms with Crippen molar-refractivity contribution in [2.45, 2.75) is 20.3 Å². The highest BCUT2D eigenvalue weighted by Gasteiger charge is 2.18. The minimum Gasteiger partial charge on any atom is -0.270 e. The molecule has 12 heavy (non-hydrogen) atoms. The molecule has 0 saturated heterocycles. The Morgan fingerprint density at radius 1 is 1.50 bits per heavy atom. The van der Waals surface area contributed by atoms with Gasteiger partial charge in [-0.05, 0) is 13.3 Å². The van der Waals surface area contributed by atoms with Crippen molar-refractivity contribution in [1.29, 1.82) is 0 Å². The Kier molecular flexibility index (Phi) is 4.63. The Morgan fingerprint density at radius 2 is 2.00 bits per heavy atom. The molecule has 0 N–H and O–H groups in total. The molecule has 1 unspecified atom stereocenters. The first kappa shape index (κ1) is 11.8. The molecule has 0 rings (SSSR count). The minimum absolute atomic E-state index is 0.219. The van der Waals surface area contributed by atoms with Crippen molar-refractivity contribution in [1.82, 2.24) is 0 Å². The molecule has 0 amide bonds. The van der Waals surface area contributed by atoms with Crippen LogP contribution in [0.3, 0.4) is 0 Å². The van der Waals surface area contributed by atoms with Gasteiger partial charge in [0.15, 0.2) is 0 Å². The van der Waals surface area contributed by atoms with Gasteiger partial charge < -0.3 is 0 Å². The first-order valence-electron chi connectivity index (χ1n) is 4.04. The summed E-state index contributed by atoms with van der Waals surface area (Å²) in [6, 6.07) is 0. The van der Waals surface area contributed by atoms with Gasteiger partial charge in [-0.15, -0.1) is 0 Å². The van der Waals surface area contributed by atoms with Gasteiger partial charge >= 0.3 is 0 Å². The van der Waals surface area contributed by atoms with Gasteiger partial charge in [0.2, 0.25) is 0 Å². The van der Waals surface area contributed by atoms with Crippen molar-refractivity contribution >= 4 is 10.1 Å². The maximum absolute atomic E-state index is 10.6. The molecule has 0 aromatic rings. The van der Waals surface area contributed by atoms with Crippen LogP contribution in [0.1, 0.15) is 20.3 Å². The number of hydrogen-bond donors (Lipinski definition) is 0. The van der Waals surface area contributed by atoms with E-state index in [1.54, 1.807) is 0 Å². The van der Waals surface area contributed by atoms with E-state index in [9.17, 15) is 8.42 Å². The van der Waals surface area contributed by atoms with Gasteiger partial charge in [-0.2, -0.15) is 8.42 Å². The molecular formula is C8H17O3S+. The molecule has 3 nitrogen and oxygen atoms in total. The summed E-state index contributed by atoms with van der Waals surface area (Å²) >= 11 is 0. The third-order valence-electron chi connectivity index (χ3n) is 1.83. The van der Waals surface area contributed by atoms with Crippen LogP contribution in [0.5, 0.6) is 0 Å². The van der Waals surface area contributed by atoms with Crippen molar-refractivity contribution < 1.29 is 12.6 Å². The highest BCUT2D eigenvalue weighted by molar-refractivity contribution is 7.85. The second-order valence-corrected chi connectivity index (χ2v) is 4.78. The van der Waals surface area contributed by atoms with Gasteiger partial charge in [0, 0.05) is 5.92 Å². The summed E-state index contributed by atoms with van der Waals surface area (Å²) < 4.78 is 25.9. The van der Waals surface area contributed by atoms with Gasteiger partial charge in [-0.3, -0.25) is 4.18 Å². The normalized spacial score (nSPS) is 17.2. The lowest BCUT2D eigenvalue weighted by atomic mass is 9.94. The van der Waals surface area contributed by atoms with Crippen molar-refractivity contribution in [2.24, 2.45) is 11.8 Å². The Morgan fingerprint density at radius 3 is 2.25 bits per heavy atom. The van der Waals surface area contributed by atoms with E-state index in [1.807, 2.05) is 13.8 Å². The van der Waals surface area contributed by atoms with Crippen molar-refractivity contribution in [3.8, 4) is 0 Å². The van der Waals surface area contributed by atoms with E-state index >= 15 is 0 Å². The third kappa shape index (κ3) is 5.43. The summed E-state index contributed by atoms with van der Waals surface area (Å²) in [5.74, 6) is 0.441. The Balaban J connectivity index is 3.90. The lowest BCUT2D eigenvalue weighted by Gasteiger charge is -2.13. The molecule has 0 bridgehead atoms. The van der Waals surface area contributed by atoms with Crippen LogP contribution in [0, 0.1) is 18.8 Å². The first-order valence-corrected chi connectivity index (χ1v) is 5.86. The quantitative estimate of drug-likeness (QED) is 0.490. The van der Waals surface area contributed by atoms with Gasteiger partial charge in [-0.25, -0.2) is 0 Å². The number of rotatable bonds is 5. The fourth-order valence-electron chi connectivity index (χ4n) is 0.895. The fraction of sp³-hybridized carbons (Fsp3) is 0.875. The van der Waals surface area contributed by atoms with Crippen LogP contribution in [0.2, 0.25) is 0 Å². The zero-order valence-electron chi connectivity index (χ0n) is 7.91. The molecule has 2 atom stereocenters. The van der Waals surface area contributed by atoms with E-state index in [0.717, 1.165) is 12.7 Å². The van der Waals surface area contributed by atoms with Gasteiger partial charge in [-0.1, -0.05) is 6.92 Å². The molecule has 4 heteroatoms. The third-order valence-corrected chi connectivity index (χ3v) is 2.39. The van der Waals surface area contributed by atoms with Crippen LogP contribution in [-0.2, 0) is 14.3 Å². The molecule has 0 heterocycles. The van der Waals surface area contributed by atoms with Crippen LogP contribution >= 0.6 is 0 Å². The van der Waals surface area contributed by atoms with Crippen molar-refractivity contribution in [3.63, 3.8) is 0 Å². The molecule has 0 aliphatic carbocycles. The van der Waals surface area contributed by atoms with Crippen LogP contribution in [0.15, 0.2) is 0 Å². The topological polar surface area (TPSA) is 43.4 Å². The molecular weight excluding hydrogens is 176 g/mol. The van der Waals surface area contributed by atoms with Crippen LogP contribution in [-0.4, -0.2) is 21.3 Å². The van der Waals surface area contributed by atoms with Crippen LogP contribution in [0.25, 0.3) is 0 Å². The zero-order chi connectivity index (χ0) is 9.78. The molecule has 0 fully saturated rings. The summed E-state index contributed by atoms with van der Waals surface area (Å²) in [5, 5.41) is 0. The van der Waals surface area contributed by atoms with E-state index < -0.39 is 10.1 Å². The molecule has 0 radical (unpaired) electrons. The van der Waals surface area contributed by atoms with Gasteiger partial charge in [0.25, 0.3) is 10.1 Å². The molecule has 0 aliphatic heterocycles. The SMILES string of the molecule is [CH2+]C(C)[C@H](CC)COS(C)(=O)=O. The monoisotopic (exact) mass is 193 g/mol. The van der Waals surface area contributed by atoms with E-state index in [-0.39, 0.29) is 18.4 Å². The largest absolute Gasteiger partial charge is 0.270 e. The standard InChI is InChI=1S/C8H17O3S/c1-5-8(7(2)3)6-11-12(4,9)10/h7-8H,2,5-6H2,1,3-4H3/q+1/t7?,8-/m1/s1. The molecule has 0 aromatic carbocycles. The predicted molar refractivity (Wildman–Crippen MR) is 49.1 cm³/mol. The Bertz CT molecular complexity index is 206. The summed E-state index contributed by atoms with van der Waals surface area (Å²) in [4.78, 5) is 0. The fourth-order valence-corrected chi connectivity index (χ4v) is 1.32. The summed E-state index contributed by atoms with van der Waals surface area (Å²) in [7, 11) is -3.29. The van der Waals surface area contributed by atoms with Gasteiger partial charge in [0.1, 0.15) is 0 Å². The second kappa shape index (κ2) is 4.72. The summed E-state index contributed by atoms with van der Waals surface area (Å²) in [6.07, 6.45) is 1.95. The Hall–Kier alpha value is -0.220. The second-order valence-electron chi connectivity index (χ2n) is 3.13. The maximum Gasteiger partial charge on any atom is 0.264 e. The highest BCUT2D eigenvalue weighted by atomic mass is 32.2. The zero-order valence-corrected chi connectivity index (χ0v) is 8.73. The molecule has 72 valence electrons. The van der Waals surface area contributed by atoms with E-state index in [4.69, 9.17) is 0 Å². The molecule has 0 aliphatic rings. The van der Waals surface area contributed by atoms with E-state index in [2.05, 4.69) is 11.1 Å². The van der Waals surface area contributed by atoms with Crippen LogP contribution in [0.4, 0.5) is 0 Å². The Labute approximate surface area is 75.2 Å². The first-order chi connectivity index (χ1) is 5.37.